The Morgan fingerprint density at radius 2 is 0.438 bits per heavy atom. The van der Waals surface area contributed by atoms with Crippen LogP contribution in [0.15, 0.2) is 0 Å². The molecule has 0 rings (SSSR count). The molecule has 0 aromatic rings. The molecule has 0 bridgehead atoms. The first-order chi connectivity index (χ1) is 50.7. The number of phosphoric acid groups is 2. The van der Waals surface area contributed by atoms with Gasteiger partial charge >= 0.3 is 39.5 Å². The monoisotopic (exact) mass is 1540 g/mol. The molecular formula is C86H168O17P2. The molecule has 0 radical (unpaired) electrons. The predicted octanol–water partition coefficient (Wildman–Crippen LogP) is 26.1. The summed E-state index contributed by atoms with van der Waals surface area (Å²) in [4.78, 5) is 73.1. The molecule has 105 heavy (non-hydrogen) atoms. The molecule has 0 aliphatic rings. The lowest BCUT2D eigenvalue weighted by Crippen LogP contribution is -2.30. The summed E-state index contributed by atoms with van der Waals surface area (Å²) in [6.07, 6.45) is 66.8. The molecule has 2 unspecified atom stereocenters. The van der Waals surface area contributed by atoms with Gasteiger partial charge in [-0.2, -0.15) is 0 Å². The second-order valence-corrected chi connectivity index (χ2v) is 35.3. The van der Waals surface area contributed by atoms with E-state index in [-0.39, 0.29) is 25.7 Å². The van der Waals surface area contributed by atoms with E-state index >= 15 is 0 Å². The third-order valence-corrected chi connectivity index (χ3v) is 22.0. The van der Waals surface area contributed by atoms with Crippen LogP contribution >= 0.6 is 15.6 Å². The van der Waals surface area contributed by atoms with Gasteiger partial charge in [-0.25, -0.2) is 9.13 Å². The van der Waals surface area contributed by atoms with E-state index in [9.17, 15) is 43.2 Å². The molecule has 17 nitrogen and oxygen atoms in total. The molecule has 0 heterocycles. The maximum absolute atomic E-state index is 13.1. The minimum Gasteiger partial charge on any atom is -0.462 e. The summed E-state index contributed by atoms with van der Waals surface area (Å²) in [7, 11) is -9.92. The lowest BCUT2D eigenvalue weighted by molar-refractivity contribution is -0.161. The SMILES string of the molecule is CCCCCCCCCCC(=O)OC[C@H](COP(=O)(O)OC[C@H](O)COP(=O)(O)OC[C@@H](COC(=O)CCCCCCCCCCCCCCCCCCCCC(C)C)OC(=O)CCCCCCCCCCCCCCCCCCCCC(C)C)OC(=O)CCCCCCCCCCCCCCC(C)C. The molecule has 0 saturated carbocycles. The molecule has 0 aromatic heterocycles. The highest BCUT2D eigenvalue weighted by Gasteiger charge is 2.30. The van der Waals surface area contributed by atoms with Crippen molar-refractivity contribution in [3.63, 3.8) is 0 Å². The van der Waals surface area contributed by atoms with Gasteiger partial charge in [0.2, 0.25) is 0 Å². The number of carbonyl (C=O) groups excluding carboxylic acids is 4. The summed E-state index contributed by atoms with van der Waals surface area (Å²) < 4.78 is 68.8. The Labute approximate surface area is 645 Å². The average Bonchev–Trinajstić information content (AvgIpc) is 0.908. The van der Waals surface area contributed by atoms with E-state index < -0.39 is 97.5 Å². The number of hydrogen-bond acceptors (Lipinski definition) is 15. The van der Waals surface area contributed by atoms with Crippen molar-refractivity contribution in [1.29, 1.82) is 0 Å². The molecule has 0 aromatic carbocycles. The van der Waals surface area contributed by atoms with Crippen LogP contribution in [0.4, 0.5) is 0 Å². The molecule has 624 valence electrons. The first-order valence-corrected chi connectivity index (χ1v) is 47.3. The number of unbranched alkanes of at least 4 members (excludes halogenated alkanes) is 52. The minimum absolute atomic E-state index is 0.107. The number of ether oxygens (including phenoxy) is 4. The summed E-state index contributed by atoms with van der Waals surface area (Å²) in [5.41, 5.74) is 0. The van der Waals surface area contributed by atoms with Gasteiger partial charge in [0.1, 0.15) is 19.3 Å². The van der Waals surface area contributed by atoms with Crippen molar-refractivity contribution in [3.8, 4) is 0 Å². The zero-order valence-electron chi connectivity index (χ0n) is 69.2. The van der Waals surface area contributed by atoms with E-state index in [0.29, 0.717) is 25.7 Å². The summed E-state index contributed by atoms with van der Waals surface area (Å²) in [5.74, 6) is 0.313. The Balaban J connectivity index is 5.18. The van der Waals surface area contributed by atoms with Crippen LogP contribution in [0.2, 0.25) is 0 Å². The van der Waals surface area contributed by atoms with Gasteiger partial charge in [-0.3, -0.25) is 37.3 Å². The predicted molar refractivity (Wildman–Crippen MR) is 432 cm³/mol. The largest absolute Gasteiger partial charge is 0.472 e. The van der Waals surface area contributed by atoms with Crippen molar-refractivity contribution in [2.24, 2.45) is 17.8 Å². The van der Waals surface area contributed by atoms with Crippen LogP contribution in [-0.2, 0) is 65.4 Å². The fourth-order valence-electron chi connectivity index (χ4n) is 13.4. The quantitative estimate of drug-likeness (QED) is 0.0222. The van der Waals surface area contributed by atoms with Crippen molar-refractivity contribution >= 4 is 39.5 Å². The number of carbonyl (C=O) groups is 4. The zero-order valence-corrected chi connectivity index (χ0v) is 71.0. The molecule has 3 N–H and O–H groups in total. The van der Waals surface area contributed by atoms with Crippen LogP contribution in [0.3, 0.4) is 0 Å². The normalized spacial score (nSPS) is 13.9. The second kappa shape index (κ2) is 76.1. The third-order valence-electron chi connectivity index (χ3n) is 20.1. The van der Waals surface area contributed by atoms with E-state index in [4.69, 9.17) is 37.0 Å². The van der Waals surface area contributed by atoms with Crippen molar-refractivity contribution in [2.75, 3.05) is 39.6 Å². The lowest BCUT2D eigenvalue weighted by atomic mass is 10.0. The van der Waals surface area contributed by atoms with Crippen molar-refractivity contribution in [2.45, 2.75) is 471 Å². The summed E-state index contributed by atoms with van der Waals surface area (Å²) in [6.45, 7) is 12.0. The van der Waals surface area contributed by atoms with Gasteiger partial charge in [0.05, 0.1) is 26.4 Å². The molecule has 0 amide bonds. The summed E-state index contributed by atoms with van der Waals surface area (Å²) >= 11 is 0. The van der Waals surface area contributed by atoms with E-state index in [1.807, 2.05) is 0 Å². The Bertz CT molecular complexity index is 2030. The maximum Gasteiger partial charge on any atom is 0.472 e. The molecule has 0 saturated heterocycles. The van der Waals surface area contributed by atoms with E-state index in [1.54, 1.807) is 0 Å². The van der Waals surface area contributed by atoms with Crippen LogP contribution < -0.4 is 0 Å². The second-order valence-electron chi connectivity index (χ2n) is 32.4. The molecular weight excluding hydrogens is 1370 g/mol. The number of aliphatic hydroxyl groups is 1. The highest BCUT2D eigenvalue weighted by molar-refractivity contribution is 7.47. The van der Waals surface area contributed by atoms with Gasteiger partial charge in [-0.05, 0) is 43.4 Å². The van der Waals surface area contributed by atoms with Crippen molar-refractivity contribution in [3.05, 3.63) is 0 Å². The van der Waals surface area contributed by atoms with Crippen LogP contribution in [0.25, 0.3) is 0 Å². The van der Waals surface area contributed by atoms with Crippen molar-refractivity contribution < 1.29 is 80.2 Å². The fraction of sp³-hybridized carbons (Fsp3) is 0.953. The van der Waals surface area contributed by atoms with Gasteiger partial charge in [-0.1, -0.05) is 402 Å². The Morgan fingerprint density at radius 1 is 0.257 bits per heavy atom. The topological polar surface area (TPSA) is 237 Å². The molecule has 0 spiro atoms. The van der Waals surface area contributed by atoms with Crippen LogP contribution in [-0.4, -0.2) is 96.7 Å². The van der Waals surface area contributed by atoms with Gasteiger partial charge in [0.15, 0.2) is 12.2 Å². The zero-order chi connectivity index (χ0) is 77.2. The summed E-state index contributed by atoms with van der Waals surface area (Å²) in [5, 5.41) is 10.7. The number of phosphoric ester groups is 2. The summed E-state index contributed by atoms with van der Waals surface area (Å²) in [6, 6.07) is 0. The highest BCUT2D eigenvalue weighted by Crippen LogP contribution is 2.45. The maximum atomic E-state index is 13.1. The average molecular weight is 1540 g/mol. The van der Waals surface area contributed by atoms with E-state index in [1.165, 1.54) is 257 Å². The number of aliphatic hydroxyl groups excluding tert-OH is 1. The van der Waals surface area contributed by atoms with Crippen molar-refractivity contribution in [1.82, 2.24) is 0 Å². The van der Waals surface area contributed by atoms with Gasteiger partial charge in [0.25, 0.3) is 0 Å². The van der Waals surface area contributed by atoms with Gasteiger partial charge in [-0.15, -0.1) is 0 Å². The van der Waals surface area contributed by atoms with Gasteiger partial charge in [0, 0.05) is 25.7 Å². The fourth-order valence-corrected chi connectivity index (χ4v) is 14.9. The first-order valence-electron chi connectivity index (χ1n) is 44.3. The van der Waals surface area contributed by atoms with E-state index in [0.717, 1.165) is 114 Å². The van der Waals surface area contributed by atoms with Gasteiger partial charge < -0.3 is 33.8 Å². The number of esters is 4. The standard InChI is InChI=1S/C86H168O17P2/c1-8-9-10-11-12-46-53-60-67-83(88)96-73-81(102-86(91)70-63-56-49-42-36-30-29-33-39-45-52-59-66-79(6)7)75-100-104(92,93)98-71-80(87)72-99-105(94,95)101-76-82(103-85(90)69-62-55-48-41-35-28-24-20-16-14-18-22-26-32-38-44-51-58-65-78(4)5)74-97-84(89)68-61-54-47-40-34-27-23-19-15-13-17-21-25-31-37-43-50-57-64-77(2)3/h77-82,87H,8-76H2,1-7H3,(H,92,93)(H,94,95)/t80-,81+,82+/m0/s1. The molecule has 0 fully saturated rings. The number of hydrogen-bond donors (Lipinski definition) is 3. The first kappa shape index (κ1) is 103. The van der Waals surface area contributed by atoms with Crippen LogP contribution in [0.5, 0.6) is 0 Å². The third kappa shape index (κ3) is 79.9. The smallest absolute Gasteiger partial charge is 0.462 e. The van der Waals surface area contributed by atoms with E-state index in [2.05, 4.69) is 48.5 Å². The highest BCUT2D eigenvalue weighted by atomic mass is 31.2. The molecule has 0 aliphatic heterocycles. The molecule has 5 atom stereocenters. The minimum atomic E-state index is -4.97. The molecule has 19 heteroatoms. The van der Waals surface area contributed by atoms with Crippen LogP contribution in [0.1, 0.15) is 453 Å². The molecule has 0 aliphatic carbocycles. The Morgan fingerprint density at radius 3 is 0.648 bits per heavy atom. The Kier molecular flexibility index (Phi) is 74.7. The number of rotatable bonds is 84. The Hall–Kier alpha value is -1.94. The lowest BCUT2D eigenvalue weighted by Gasteiger charge is -2.21. The van der Waals surface area contributed by atoms with Crippen LogP contribution in [0, 0.1) is 17.8 Å².